The molecular formula is C11H19NO9. The molecule has 1 aliphatic heterocycles. The van der Waals surface area contributed by atoms with E-state index in [0.29, 0.717) is 0 Å². The molecular weight excluding hydrogens is 290 g/mol. The highest BCUT2D eigenvalue weighted by atomic mass is 16.7. The van der Waals surface area contributed by atoms with Crippen LogP contribution >= 0.6 is 0 Å². The maximum Gasteiger partial charge on any atom is 0.364 e. The first kappa shape index (κ1) is 17.8. The summed E-state index contributed by atoms with van der Waals surface area (Å²) in [5.74, 6) is -5.17. The molecule has 10 heteroatoms. The summed E-state index contributed by atoms with van der Waals surface area (Å²) in [7, 11) is 0. The van der Waals surface area contributed by atoms with Gasteiger partial charge in [-0.25, -0.2) is 4.79 Å². The molecule has 0 aromatic rings. The molecule has 1 rings (SSSR count). The predicted octanol–water partition coefficient (Wildman–Crippen LogP) is -3.87. The average Bonchev–Trinajstić information content (AvgIpc) is 2.39. The Bertz CT molecular complexity index is 403. The Kier molecular flexibility index (Phi) is 5.61. The van der Waals surface area contributed by atoms with Gasteiger partial charge in [-0.2, -0.15) is 0 Å². The molecule has 1 fully saturated rings. The van der Waals surface area contributed by atoms with Crippen molar-refractivity contribution in [2.24, 2.45) is 0 Å². The van der Waals surface area contributed by atoms with Crippen LogP contribution in [0.15, 0.2) is 0 Å². The van der Waals surface area contributed by atoms with Crippen LogP contribution in [0.3, 0.4) is 0 Å². The lowest BCUT2D eigenvalue weighted by molar-refractivity contribution is -0.295. The first-order valence-corrected chi connectivity index (χ1v) is 6.18. The number of carbonyl (C=O) groups excluding carboxylic acids is 1. The van der Waals surface area contributed by atoms with Crippen LogP contribution in [-0.2, 0) is 14.3 Å². The maximum absolute atomic E-state index is 11.1. The Morgan fingerprint density at radius 3 is 2.43 bits per heavy atom. The van der Waals surface area contributed by atoms with Gasteiger partial charge in [-0.1, -0.05) is 0 Å². The van der Waals surface area contributed by atoms with Crippen molar-refractivity contribution < 1.29 is 45.0 Å². The van der Waals surface area contributed by atoms with Crippen LogP contribution in [0.4, 0.5) is 0 Å². The SMILES string of the molecule is CC(=O)NC1[C@H]([C@H](O)[C@H](O)CO)O[C@@](O)(C(=O)O)C[C@@H]1O. The van der Waals surface area contributed by atoms with E-state index in [1.165, 1.54) is 0 Å². The van der Waals surface area contributed by atoms with E-state index in [0.717, 1.165) is 6.92 Å². The van der Waals surface area contributed by atoms with Gasteiger partial charge in [0.2, 0.25) is 5.91 Å². The van der Waals surface area contributed by atoms with Gasteiger partial charge in [-0.3, -0.25) is 4.79 Å². The number of carboxylic acids is 1. The number of aliphatic carboxylic acids is 1. The Morgan fingerprint density at radius 2 is 2.00 bits per heavy atom. The highest BCUT2D eigenvalue weighted by Crippen LogP contribution is 2.30. The van der Waals surface area contributed by atoms with Crippen molar-refractivity contribution in [2.75, 3.05) is 6.61 Å². The highest BCUT2D eigenvalue weighted by molar-refractivity contribution is 5.76. The summed E-state index contributed by atoms with van der Waals surface area (Å²) in [6.07, 6.45) is -7.48. The number of carbonyl (C=O) groups is 2. The van der Waals surface area contributed by atoms with Crippen molar-refractivity contribution in [3.05, 3.63) is 0 Å². The Hall–Kier alpha value is -1.30. The zero-order valence-electron chi connectivity index (χ0n) is 11.2. The molecule has 1 heterocycles. The van der Waals surface area contributed by atoms with Crippen molar-refractivity contribution >= 4 is 11.9 Å². The van der Waals surface area contributed by atoms with E-state index in [1.807, 2.05) is 0 Å². The first-order valence-electron chi connectivity index (χ1n) is 6.18. The Morgan fingerprint density at radius 1 is 1.43 bits per heavy atom. The standard InChI is InChI=1S/C11H19NO9/c1-4(14)12-7-5(15)2-11(20,10(18)19)21-9(7)8(17)6(16)3-13/h5-9,13,15-17,20H,2-3H2,1H3,(H,12,14)(H,18,19)/t5-,6+,7?,8+,9+,11+/m0/s1. The second-order valence-corrected chi connectivity index (χ2v) is 4.91. The van der Waals surface area contributed by atoms with E-state index in [9.17, 15) is 30.0 Å². The second kappa shape index (κ2) is 6.64. The third-order valence-electron chi connectivity index (χ3n) is 3.21. The molecule has 0 radical (unpaired) electrons. The molecule has 7 N–H and O–H groups in total. The molecule has 21 heavy (non-hydrogen) atoms. The number of amides is 1. The van der Waals surface area contributed by atoms with Crippen LogP contribution in [0.5, 0.6) is 0 Å². The molecule has 0 aliphatic carbocycles. The number of aliphatic hydroxyl groups is 5. The highest BCUT2D eigenvalue weighted by Gasteiger charge is 2.53. The molecule has 0 saturated carbocycles. The molecule has 122 valence electrons. The van der Waals surface area contributed by atoms with E-state index in [2.05, 4.69) is 5.32 Å². The minimum absolute atomic E-state index is 0.598. The van der Waals surface area contributed by atoms with Crippen LogP contribution < -0.4 is 5.32 Å². The van der Waals surface area contributed by atoms with Crippen molar-refractivity contribution in [2.45, 2.75) is 49.6 Å². The van der Waals surface area contributed by atoms with Gasteiger partial charge in [0, 0.05) is 13.3 Å². The number of hydrogen-bond acceptors (Lipinski definition) is 8. The number of hydrogen-bond donors (Lipinski definition) is 7. The monoisotopic (exact) mass is 309 g/mol. The zero-order valence-corrected chi connectivity index (χ0v) is 11.2. The number of rotatable bonds is 5. The quantitative estimate of drug-likeness (QED) is 0.268. The van der Waals surface area contributed by atoms with Gasteiger partial charge in [-0.15, -0.1) is 0 Å². The maximum atomic E-state index is 11.1. The summed E-state index contributed by atoms with van der Waals surface area (Å²) in [5, 5.41) is 59.0. The molecule has 0 aromatic carbocycles. The summed E-state index contributed by atoms with van der Waals surface area (Å²) in [6, 6.07) is -1.27. The Labute approximate surface area is 119 Å². The topological polar surface area (TPSA) is 177 Å². The minimum atomic E-state index is -2.78. The van der Waals surface area contributed by atoms with E-state index in [-0.39, 0.29) is 0 Å². The third-order valence-corrected chi connectivity index (χ3v) is 3.21. The summed E-state index contributed by atoms with van der Waals surface area (Å²) >= 11 is 0. The minimum Gasteiger partial charge on any atom is -0.477 e. The second-order valence-electron chi connectivity index (χ2n) is 4.91. The number of nitrogens with one attached hydrogen (secondary N) is 1. The fourth-order valence-corrected chi connectivity index (χ4v) is 2.14. The van der Waals surface area contributed by atoms with Gasteiger partial charge in [0.15, 0.2) is 0 Å². The summed E-state index contributed by atoms with van der Waals surface area (Å²) < 4.78 is 4.86. The number of aliphatic hydroxyl groups excluding tert-OH is 4. The van der Waals surface area contributed by atoms with Gasteiger partial charge in [-0.05, 0) is 0 Å². The largest absolute Gasteiger partial charge is 0.477 e. The van der Waals surface area contributed by atoms with Crippen LogP contribution in [0.1, 0.15) is 13.3 Å². The normalized spacial score (nSPS) is 35.8. The van der Waals surface area contributed by atoms with Gasteiger partial charge in [0.05, 0.1) is 18.8 Å². The first-order chi connectivity index (χ1) is 9.62. The molecule has 0 spiro atoms. The molecule has 1 saturated heterocycles. The number of ether oxygens (including phenoxy) is 1. The molecule has 6 atom stereocenters. The zero-order chi connectivity index (χ0) is 16.4. The van der Waals surface area contributed by atoms with Gasteiger partial charge in [0.1, 0.15) is 18.3 Å². The van der Waals surface area contributed by atoms with E-state index < -0.39 is 61.1 Å². The van der Waals surface area contributed by atoms with Crippen LogP contribution in [0, 0.1) is 0 Å². The van der Waals surface area contributed by atoms with Crippen molar-refractivity contribution in [1.29, 1.82) is 0 Å². The summed E-state index contributed by atoms with van der Waals surface area (Å²) in [4.78, 5) is 22.1. The van der Waals surface area contributed by atoms with Crippen LogP contribution in [0.2, 0.25) is 0 Å². The smallest absolute Gasteiger partial charge is 0.364 e. The average molecular weight is 309 g/mol. The molecule has 1 unspecified atom stereocenters. The lowest BCUT2D eigenvalue weighted by Crippen LogP contribution is -2.67. The van der Waals surface area contributed by atoms with Crippen LogP contribution in [0.25, 0.3) is 0 Å². The van der Waals surface area contributed by atoms with Crippen molar-refractivity contribution in [3.8, 4) is 0 Å². The Balaban J connectivity index is 3.07. The summed E-state index contributed by atoms with van der Waals surface area (Å²) in [5.41, 5.74) is 0. The van der Waals surface area contributed by atoms with Crippen LogP contribution in [-0.4, -0.2) is 85.4 Å². The van der Waals surface area contributed by atoms with E-state index in [4.69, 9.17) is 14.9 Å². The molecule has 1 amide bonds. The van der Waals surface area contributed by atoms with E-state index in [1.54, 1.807) is 0 Å². The predicted molar refractivity (Wildman–Crippen MR) is 64.8 cm³/mol. The lowest BCUT2D eigenvalue weighted by Gasteiger charge is -2.44. The molecule has 0 aromatic heterocycles. The molecule has 10 nitrogen and oxygen atoms in total. The molecule has 0 bridgehead atoms. The van der Waals surface area contributed by atoms with Gasteiger partial charge >= 0.3 is 5.97 Å². The lowest BCUT2D eigenvalue weighted by atomic mass is 9.88. The van der Waals surface area contributed by atoms with Crippen molar-refractivity contribution in [3.63, 3.8) is 0 Å². The fraction of sp³-hybridized carbons (Fsp3) is 0.818. The fourth-order valence-electron chi connectivity index (χ4n) is 2.14. The summed E-state index contributed by atoms with van der Waals surface area (Å²) in [6.45, 7) is 0.256. The third kappa shape index (κ3) is 3.87. The number of carboxylic acid groups (broad SMARTS) is 1. The van der Waals surface area contributed by atoms with Crippen molar-refractivity contribution in [1.82, 2.24) is 5.32 Å². The molecule has 1 aliphatic rings. The van der Waals surface area contributed by atoms with Gasteiger partial charge in [0.25, 0.3) is 5.79 Å². The van der Waals surface area contributed by atoms with E-state index >= 15 is 0 Å². The van der Waals surface area contributed by atoms with Gasteiger partial charge < -0.3 is 40.7 Å².